The predicted molar refractivity (Wildman–Crippen MR) is 111 cm³/mol. The van der Waals surface area contributed by atoms with Gasteiger partial charge in [-0.2, -0.15) is 5.26 Å². The number of anilines is 1. The number of nitriles is 1. The lowest BCUT2D eigenvalue weighted by atomic mass is 10.2. The normalized spacial score (nSPS) is 14.7. The van der Waals surface area contributed by atoms with E-state index in [1.807, 2.05) is 4.90 Å². The molecule has 1 N–H and O–H groups in total. The number of methoxy groups -OCH3 is 1. The van der Waals surface area contributed by atoms with E-state index < -0.39 is 10.0 Å². The lowest BCUT2D eigenvalue weighted by Gasteiger charge is -2.23. The molecule has 30 heavy (non-hydrogen) atoms. The van der Waals surface area contributed by atoms with Crippen LogP contribution in [0.5, 0.6) is 5.75 Å². The smallest absolute Gasteiger partial charge is 0.253 e. The van der Waals surface area contributed by atoms with Crippen LogP contribution in [-0.4, -0.2) is 64.5 Å². The summed E-state index contributed by atoms with van der Waals surface area (Å²) in [7, 11) is -1.10. The van der Waals surface area contributed by atoms with Crippen molar-refractivity contribution < 1.29 is 17.9 Å². The first kappa shape index (κ1) is 21.5. The molecule has 0 saturated carbocycles. The molecular formula is C20H23N5O4S. The average molecular weight is 430 g/mol. The average Bonchev–Trinajstić information content (AvgIpc) is 3.04. The highest BCUT2D eigenvalue weighted by Gasteiger charge is 2.25. The maximum Gasteiger partial charge on any atom is 0.253 e. The van der Waals surface area contributed by atoms with Crippen LogP contribution in [-0.2, 0) is 10.0 Å². The molecule has 0 unspecified atom stereocenters. The first-order valence-corrected chi connectivity index (χ1v) is 10.9. The molecule has 2 aromatic rings. The zero-order chi connectivity index (χ0) is 21.7. The lowest BCUT2D eigenvalue weighted by Crippen LogP contribution is -2.35. The molecule has 1 aromatic carbocycles. The number of nitrogens with zero attached hydrogens (tertiary/aromatic N) is 4. The lowest BCUT2D eigenvalue weighted by molar-refractivity contribution is 0.0766. The van der Waals surface area contributed by atoms with Crippen LogP contribution in [0.4, 0.5) is 5.82 Å². The van der Waals surface area contributed by atoms with Crippen molar-refractivity contribution in [2.45, 2.75) is 11.3 Å². The van der Waals surface area contributed by atoms with Gasteiger partial charge in [-0.1, -0.05) is 0 Å². The van der Waals surface area contributed by atoms with E-state index in [1.165, 1.54) is 26.3 Å². The van der Waals surface area contributed by atoms with Gasteiger partial charge in [0, 0.05) is 37.9 Å². The van der Waals surface area contributed by atoms with Gasteiger partial charge < -0.3 is 14.5 Å². The molecule has 2 heterocycles. The van der Waals surface area contributed by atoms with E-state index in [0.29, 0.717) is 44.0 Å². The number of rotatable bonds is 5. The second kappa shape index (κ2) is 9.11. The summed E-state index contributed by atoms with van der Waals surface area (Å²) >= 11 is 0. The molecule has 0 aliphatic carbocycles. The summed E-state index contributed by atoms with van der Waals surface area (Å²) in [6.07, 6.45) is 2.34. The van der Waals surface area contributed by atoms with E-state index in [-0.39, 0.29) is 22.1 Å². The second-order valence-electron chi connectivity index (χ2n) is 6.69. The van der Waals surface area contributed by atoms with Gasteiger partial charge in [-0.25, -0.2) is 18.1 Å². The summed E-state index contributed by atoms with van der Waals surface area (Å²) in [5, 5.41) is 9.32. The highest BCUT2D eigenvalue weighted by atomic mass is 32.2. The topological polar surface area (TPSA) is 116 Å². The van der Waals surface area contributed by atoms with Crippen molar-refractivity contribution in [3.8, 4) is 11.8 Å². The van der Waals surface area contributed by atoms with Crippen LogP contribution in [0.15, 0.2) is 41.4 Å². The molecule has 0 atom stereocenters. The molecular weight excluding hydrogens is 406 g/mol. The van der Waals surface area contributed by atoms with Gasteiger partial charge in [0.05, 0.1) is 12.7 Å². The number of benzene rings is 1. The molecule has 3 rings (SSSR count). The molecule has 1 saturated heterocycles. The van der Waals surface area contributed by atoms with Crippen molar-refractivity contribution in [3.05, 3.63) is 47.7 Å². The van der Waals surface area contributed by atoms with Crippen LogP contribution in [0.1, 0.15) is 22.3 Å². The monoisotopic (exact) mass is 429 g/mol. The van der Waals surface area contributed by atoms with Crippen molar-refractivity contribution >= 4 is 21.7 Å². The summed E-state index contributed by atoms with van der Waals surface area (Å²) in [4.78, 5) is 21.0. The molecule has 1 amide bonds. The third kappa shape index (κ3) is 4.37. The minimum absolute atomic E-state index is 0.0815. The summed E-state index contributed by atoms with van der Waals surface area (Å²) in [6.45, 7) is 2.14. The Morgan fingerprint density at radius 1 is 1.23 bits per heavy atom. The Morgan fingerprint density at radius 2 is 2.03 bits per heavy atom. The van der Waals surface area contributed by atoms with Gasteiger partial charge in [0.2, 0.25) is 10.0 Å². The van der Waals surface area contributed by atoms with Gasteiger partial charge in [0.1, 0.15) is 22.5 Å². The maximum atomic E-state index is 13.1. The SMILES string of the molecule is CNS(=O)(=O)c1cc(C(=O)N2CCCN(c3ncccc3C#N)CC2)ccc1OC. The third-order valence-corrected chi connectivity index (χ3v) is 6.39. The first-order valence-electron chi connectivity index (χ1n) is 9.42. The Morgan fingerprint density at radius 3 is 2.73 bits per heavy atom. The van der Waals surface area contributed by atoms with Crippen LogP contribution >= 0.6 is 0 Å². The first-order chi connectivity index (χ1) is 14.4. The van der Waals surface area contributed by atoms with Crippen molar-refractivity contribution in [1.29, 1.82) is 5.26 Å². The number of amides is 1. The van der Waals surface area contributed by atoms with E-state index in [1.54, 1.807) is 29.3 Å². The predicted octanol–water partition coefficient (Wildman–Crippen LogP) is 1.22. The number of nitrogens with one attached hydrogen (secondary N) is 1. The number of carbonyl (C=O) groups is 1. The van der Waals surface area contributed by atoms with Crippen LogP contribution in [0.2, 0.25) is 0 Å². The summed E-state index contributed by atoms with van der Waals surface area (Å²) in [6, 6.07) is 9.97. The van der Waals surface area contributed by atoms with Crippen LogP contribution < -0.4 is 14.4 Å². The van der Waals surface area contributed by atoms with Gasteiger partial charge in [-0.3, -0.25) is 4.79 Å². The fourth-order valence-corrected chi connectivity index (χ4v) is 4.30. The van der Waals surface area contributed by atoms with E-state index in [4.69, 9.17) is 4.74 Å². The Bertz CT molecular complexity index is 1080. The maximum absolute atomic E-state index is 13.1. The van der Waals surface area contributed by atoms with Crippen molar-refractivity contribution in [1.82, 2.24) is 14.6 Å². The van der Waals surface area contributed by atoms with Gasteiger partial charge in [0.15, 0.2) is 0 Å². The van der Waals surface area contributed by atoms with Crippen molar-refractivity contribution in [3.63, 3.8) is 0 Å². The van der Waals surface area contributed by atoms with Gasteiger partial charge >= 0.3 is 0 Å². The number of carbonyl (C=O) groups excluding carboxylic acids is 1. The second-order valence-corrected chi connectivity index (χ2v) is 8.55. The van der Waals surface area contributed by atoms with E-state index in [2.05, 4.69) is 15.8 Å². The van der Waals surface area contributed by atoms with Crippen molar-refractivity contribution in [2.24, 2.45) is 0 Å². The zero-order valence-electron chi connectivity index (χ0n) is 16.8. The number of hydrogen-bond acceptors (Lipinski definition) is 7. The Labute approximate surface area is 175 Å². The number of hydrogen-bond donors (Lipinski definition) is 1. The van der Waals surface area contributed by atoms with E-state index in [0.717, 1.165) is 0 Å². The molecule has 1 aromatic heterocycles. The minimum atomic E-state index is -3.78. The Kier molecular flexibility index (Phi) is 6.54. The molecule has 0 radical (unpaired) electrons. The van der Waals surface area contributed by atoms with E-state index >= 15 is 0 Å². The quantitative estimate of drug-likeness (QED) is 0.760. The number of pyridine rings is 1. The Hall–Kier alpha value is -3.16. The fraction of sp³-hybridized carbons (Fsp3) is 0.350. The molecule has 9 nitrogen and oxygen atoms in total. The summed E-state index contributed by atoms with van der Waals surface area (Å²) in [5.41, 5.74) is 0.767. The van der Waals surface area contributed by atoms with Gasteiger partial charge in [-0.15, -0.1) is 0 Å². The van der Waals surface area contributed by atoms with Crippen LogP contribution in [0.25, 0.3) is 0 Å². The third-order valence-electron chi connectivity index (χ3n) is 4.96. The summed E-state index contributed by atoms with van der Waals surface area (Å²) in [5.74, 6) is 0.525. The van der Waals surface area contributed by atoms with Crippen LogP contribution in [0, 0.1) is 11.3 Å². The zero-order valence-corrected chi connectivity index (χ0v) is 17.6. The molecule has 1 aliphatic heterocycles. The van der Waals surface area contributed by atoms with Gasteiger partial charge in [-0.05, 0) is 43.8 Å². The highest BCUT2D eigenvalue weighted by molar-refractivity contribution is 7.89. The van der Waals surface area contributed by atoms with Crippen molar-refractivity contribution in [2.75, 3.05) is 45.2 Å². The van der Waals surface area contributed by atoms with Gasteiger partial charge in [0.25, 0.3) is 5.91 Å². The highest BCUT2D eigenvalue weighted by Crippen LogP contribution is 2.26. The number of ether oxygens (including phenoxy) is 1. The fourth-order valence-electron chi connectivity index (χ4n) is 3.38. The molecule has 1 fully saturated rings. The molecule has 0 bridgehead atoms. The number of sulfonamides is 1. The van der Waals surface area contributed by atoms with E-state index in [9.17, 15) is 18.5 Å². The Balaban J connectivity index is 1.82. The largest absolute Gasteiger partial charge is 0.495 e. The molecule has 1 aliphatic rings. The summed E-state index contributed by atoms with van der Waals surface area (Å²) < 4.78 is 32.0. The minimum Gasteiger partial charge on any atom is -0.495 e. The molecule has 0 spiro atoms. The molecule has 10 heteroatoms. The number of aromatic nitrogens is 1. The standard InChI is InChI=1S/C20H23N5O4S/c1-22-30(27,28)18-13-15(6-7-17(18)29-2)20(26)25-10-4-9-24(11-12-25)19-16(14-21)5-3-8-23-19/h3,5-8,13,22H,4,9-12H2,1-2H3. The van der Waals surface area contributed by atoms with Crippen LogP contribution in [0.3, 0.4) is 0 Å². The molecule has 158 valence electrons.